The van der Waals surface area contributed by atoms with E-state index in [-0.39, 0.29) is 11.5 Å². The van der Waals surface area contributed by atoms with Gasteiger partial charge in [-0.15, -0.1) is 0 Å². The zero-order valence-electron chi connectivity index (χ0n) is 8.54. The summed E-state index contributed by atoms with van der Waals surface area (Å²) >= 11 is 0. The average Bonchev–Trinajstić information content (AvgIpc) is 2.32. The van der Waals surface area contributed by atoms with Crippen molar-refractivity contribution in [3.63, 3.8) is 0 Å². The summed E-state index contributed by atoms with van der Waals surface area (Å²) in [5, 5.41) is 18.8. The van der Waals surface area contributed by atoms with E-state index in [1.165, 1.54) is 12.3 Å². The zero-order valence-corrected chi connectivity index (χ0v) is 8.54. The largest absolute Gasteiger partial charge is 0.504 e. The van der Waals surface area contributed by atoms with Crippen LogP contribution in [0.2, 0.25) is 0 Å². The van der Waals surface area contributed by atoms with Crippen LogP contribution in [0.15, 0.2) is 53.5 Å². The Balaban J connectivity index is 2.28. The van der Waals surface area contributed by atoms with E-state index in [0.29, 0.717) is 5.56 Å². The average molecular weight is 213 g/mol. The van der Waals surface area contributed by atoms with E-state index in [0.717, 1.165) is 5.69 Å². The molecule has 0 aliphatic heterocycles. The van der Waals surface area contributed by atoms with Crippen LogP contribution in [0.3, 0.4) is 0 Å². The van der Waals surface area contributed by atoms with Crippen LogP contribution in [0.25, 0.3) is 0 Å². The number of aliphatic imine (C=N–C) groups is 1. The zero-order chi connectivity index (χ0) is 11.4. The lowest BCUT2D eigenvalue weighted by molar-refractivity contribution is 0.403. The Hall–Kier alpha value is -2.29. The first-order valence-corrected chi connectivity index (χ1v) is 4.87. The van der Waals surface area contributed by atoms with Crippen LogP contribution >= 0.6 is 0 Å². The molecule has 2 rings (SSSR count). The minimum Gasteiger partial charge on any atom is -0.504 e. The number of rotatable bonds is 2. The summed E-state index contributed by atoms with van der Waals surface area (Å²) in [7, 11) is 0. The topological polar surface area (TPSA) is 52.8 Å². The molecule has 0 atom stereocenters. The molecule has 2 aromatic rings. The third-order valence-electron chi connectivity index (χ3n) is 2.15. The summed E-state index contributed by atoms with van der Waals surface area (Å²) in [6.07, 6.45) is 1.52. The molecule has 0 aromatic heterocycles. The van der Waals surface area contributed by atoms with Gasteiger partial charge in [0, 0.05) is 11.8 Å². The highest BCUT2D eigenvalue weighted by molar-refractivity contribution is 5.86. The fourth-order valence-corrected chi connectivity index (χ4v) is 1.31. The summed E-state index contributed by atoms with van der Waals surface area (Å²) in [6, 6.07) is 14.2. The van der Waals surface area contributed by atoms with Crippen molar-refractivity contribution < 1.29 is 10.2 Å². The normalized spacial score (nSPS) is 10.8. The van der Waals surface area contributed by atoms with Gasteiger partial charge in [0.15, 0.2) is 11.5 Å². The molecule has 0 saturated heterocycles. The maximum absolute atomic E-state index is 9.53. The lowest BCUT2D eigenvalue weighted by atomic mass is 10.2. The van der Waals surface area contributed by atoms with Crippen molar-refractivity contribution in [1.82, 2.24) is 0 Å². The van der Waals surface area contributed by atoms with Crippen molar-refractivity contribution in [3.05, 3.63) is 54.1 Å². The molecule has 3 heteroatoms. The third-order valence-corrected chi connectivity index (χ3v) is 2.15. The summed E-state index contributed by atoms with van der Waals surface area (Å²) in [5.41, 5.74) is 1.29. The molecule has 0 radical (unpaired) electrons. The number of benzene rings is 2. The van der Waals surface area contributed by atoms with Crippen LogP contribution in [0.1, 0.15) is 5.56 Å². The van der Waals surface area contributed by atoms with Gasteiger partial charge < -0.3 is 10.2 Å². The summed E-state index contributed by atoms with van der Waals surface area (Å²) in [6.45, 7) is 0. The Morgan fingerprint density at radius 3 is 2.38 bits per heavy atom. The molecular weight excluding hydrogens is 202 g/mol. The lowest BCUT2D eigenvalue weighted by Crippen LogP contribution is -1.81. The van der Waals surface area contributed by atoms with Crippen molar-refractivity contribution in [2.24, 2.45) is 4.99 Å². The van der Waals surface area contributed by atoms with Crippen LogP contribution in [0.4, 0.5) is 5.69 Å². The summed E-state index contributed by atoms with van der Waals surface area (Å²) < 4.78 is 0. The molecule has 0 saturated carbocycles. The Kier molecular flexibility index (Phi) is 2.87. The Morgan fingerprint density at radius 2 is 1.62 bits per heavy atom. The van der Waals surface area contributed by atoms with Crippen molar-refractivity contribution in [2.45, 2.75) is 0 Å². The first-order chi connectivity index (χ1) is 7.77. The van der Waals surface area contributed by atoms with Gasteiger partial charge in [0.25, 0.3) is 0 Å². The molecule has 16 heavy (non-hydrogen) atoms. The molecule has 3 nitrogen and oxygen atoms in total. The van der Waals surface area contributed by atoms with E-state index in [9.17, 15) is 10.2 Å². The Bertz CT molecular complexity index is 507. The second-order valence-electron chi connectivity index (χ2n) is 3.31. The van der Waals surface area contributed by atoms with Gasteiger partial charge in [-0.25, -0.2) is 0 Å². The number of aromatic hydroxyl groups is 2. The molecule has 2 N–H and O–H groups in total. The number of phenolic OH excluding ortho intramolecular Hbond substituents is 2. The van der Waals surface area contributed by atoms with Gasteiger partial charge in [-0.1, -0.05) is 24.3 Å². The molecule has 0 aliphatic carbocycles. The van der Waals surface area contributed by atoms with E-state index in [4.69, 9.17) is 0 Å². The molecule has 0 spiro atoms. The SMILES string of the molecule is Oc1cccc(/C=N/c2ccccc2)c1O. The predicted molar refractivity (Wildman–Crippen MR) is 63.5 cm³/mol. The highest BCUT2D eigenvalue weighted by atomic mass is 16.3. The number of hydrogen-bond donors (Lipinski definition) is 2. The molecule has 0 bridgehead atoms. The van der Waals surface area contributed by atoms with E-state index in [1.54, 1.807) is 12.1 Å². The van der Waals surface area contributed by atoms with Crippen molar-refractivity contribution in [1.29, 1.82) is 0 Å². The summed E-state index contributed by atoms with van der Waals surface area (Å²) in [5.74, 6) is -0.292. The van der Waals surface area contributed by atoms with Gasteiger partial charge in [0.1, 0.15) is 0 Å². The highest BCUT2D eigenvalue weighted by Gasteiger charge is 2.02. The molecule has 2 aromatic carbocycles. The maximum atomic E-state index is 9.53. The van der Waals surface area contributed by atoms with E-state index in [2.05, 4.69) is 4.99 Å². The standard InChI is InChI=1S/C13H11NO2/c15-12-8-4-5-10(13(12)16)9-14-11-6-2-1-3-7-11/h1-9,15-16H/b14-9+. The van der Waals surface area contributed by atoms with E-state index < -0.39 is 0 Å². The molecule has 0 unspecified atom stereocenters. The van der Waals surface area contributed by atoms with Crippen molar-refractivity contribution >= 4 is 11.9 Å². The van der Waals surface area contributed by atoms with E-state index in [1.807, 2.05) is 30.3 Å². The first-order valence-electron chi connectivity index (χ1n) is 4.87. The van der Waals surface area contributed by atoms with Crippen LogP contribution in [-0.4, -0.2) is 16.4 Å². The predicted octanol–water partition coefficient (Wildman–Crippen LogP) is 2.85. The van der Waals surface area contributed by atoms with Crippen LogP contribution < -0.4 is 0 Å². The highest BCUT2D eigenvalue weighted by Crippen LogP contribution is 2.27. The second kappa shape index (κ2) is 4.49. The minimum absolute atomic E-state index is 0.142. The van der Waals surface area contributed by atoms with Gasteiger partial charge in [0.2, 0.25) is 0 Å². The molecule has 0 amide bonds. The lowest BCUT2D eigenvalue weighted by Gasteiger charge is -2.00. The van der Waals surface area contributed by atoms with Gasteiger partial charge >= 0.3 is 0 Å². The fraction of sp³-hybridized carbons (Fsp3) is 0. The number of hydrogen-bond acceptors (Lipinski definition) is 3. The Morgan fingerprint density at radius 1 is 0.875 bits per heavy atom. The van der Waals surface area contributed by atoms with Gasteiger partial charge in [0.05, 0.1) is 5.69 Å². The molecular formula is C13H11NO2. The quantitative estimate of drug-likeness (QED) is 0.595. The van der Waals surface area contributed by atoms with Crippen molar-refractivity contribution in [3.8, 4) is 11.5 Å². The van der Waals surface area contributed by atoms with Gasteiger partial charge in [-0.2, -0.15) is 0 Å². The van der Waals surface area contributed by atoms with Gasteiger partial charge in [-0.05, 0) is 24.3 Å². The molecule has 0 aliphatic rings. The number of nitrogens with zero attached hydrogens (tertiary/aromatic N) is 1. The van der Waals surface area contributed by atoms with Crippen LogP contribution in [0, 0.1) is 0 Å². The second-order valence-corrected chi connectivity index (χ2v) is 3.31. The molecule has 80 valence electrons. The first kappa shape index (κ1) is 10.2. The third kappa shape index (κ3) is 2.20. The fourth-order valence-electron chi connectivity index (χ4n) is 1.31. The van der Waals surface area contributed by atoms with Crippen LogP contribution in [0.5, 0.6) is 11.5 Å². The number of phenols is 2. The van der Waals surface area contributed by atoms with Crippen molar-refractivity contribution in [2.75, 3.05) is 0 Å². The number of para-hydroxylation sites is 2. The van der Waals surface area contributed by atoms with Gasteiger partial charge in [-0.3, -0.25) is 4.99 Å². The Labute approximate surface area is 93.3 Å². The molecule has 0 fully saturated rings. The van der Waals surface area contributed by atoms with Crippen LogP contribution in [-0.2, 0) is 0 Å². The monoisotopic (exact) mass is 213 g/mol. The smallest absolute Gasteiger partial charge is 0.166 e. The van der Waals surface area contributed by atoms with E-state index >= 15 is 0 Å². The maximum Gasteiger partial charge on any atom is 0.166 e. The molecule has 0 heterocycles. The summed E-state index contributed by atoms with van der Waals surface area (Å²) in [4.78, 5) is 4.18. The minimum atomic E-state index is -0.151.